The molecule has 1 unspecified atom stereocenters. The fraction of sp³-hybridized carbons (Fsp3) is 0.200. The molecule has 1 amide bonds. The summed E-state index contributed by atoms with van der Waals surface area (Å²) in [5.74, 6) is 0.434. The van der Waals surface area contributed by atoms with Crippen LogP contribution in [-0.4, -0.2) is 12.5 Å². The number of fused-ring (bicyclic) bond motifs is 1. The lowest BCUT2D eigenvalue weighted by Crippen LogP contribution is -2.24. The van der Waals surface area contributed by atoms with Crippen molar-refractivity contribution >= 4 is 22.6 Å². The van der Waals surface area contributed by atoms with Crippen LogP contribution in [0.2, 0.25) is 0 Å². The molecule has 24 heavy (non-hydrogen) atoms. The fourth-order valence-electron chi connectivity index (χ4n) is 3.36. The van der Waals surface area contributed by atoms with Gasteiger partial charge >= 0.3 is 0 Å². The Bertz CT molecular complexity index is 946. The molecule has 2 aromatic carbocycles. The number of carbonyl (C=O) groups excluding carboxylic acids is 1. The average Bonchev–Trinajstić information content (AvgIpc) is 2.96. The number of nitrogens with zero attached hydrogens (tertiary/aromatic N) is 1. The predicted octanol–water partition coefficient (Wildman–Crippen LogP) is 3.39. The highest BCUT2D eigenvalue weighted by Crippen LogP contribution is 2.27. The molecule has 4 heteroatoms. The quantitative estimate of drug-likeness (QED) is 0.743. The molecule has 2 heterocycles. The van der Waals surface area contributed by atoms with Crippen LogP contribution in [0.15, 0.2) is 70.1 Å². The van der Waals surface area contributed by atoms with E-state index in [1.807, 2.05) is 53.4 Å². The first-order valence-corrected chi connectivity index (χ1v) is 8.06. The number of rotatable bonds is 3. The van der Waals surface area contributed by atoms with Crippen molar-refractivity contribution in [2.45, 2.75) is 12.8 Å². The van der Waals surface area contributed by atoms with Crippen LogP contribution in [0.3, 0.4) is 0 Å². The normalized spacial score (nSPS) is 17.6. The second kappa shape index (κ2) is 5.96. The van der Waals surface area contributed by atoms with Crippen molar-refractivity contribution in [1.29, 1.82) is 0 Å². The third kappa shape index (κ3) is 2.71. The van der Waals surface area contributed by atoms with Crippen molar-refractivity contribution in [3.8, 4) is 0 Å². The van der Waals surface area contributed by atoms with Gasteiger partial charge in [-0.15, -0.1) is 0 Å². The van der Waals surface area contributed by atoms with Gasteiger partial charge in [0.15, 0.2) is 5.43 Å². The van der Waals surface area contributed by atoms with Gasteiger partial charge in [-0.05, 0) is 42.2 Å². The summed E-state index contributed by atoms with van der Waals surface area (Å²) in [7, 11) is 0. The number of hydrogen-bond acceptors (Lipinski definition) is 3. The Labute approximate surface area is 139 Å². The minimum Gasteiger partial charge on any atom is -0.464 e. The smallest absolute Gasteiger partial charge is 0.227 e. The Hall–Kier alpha value is -2.88. The Balaban J connectivity index is 1.54. The van der Waals surface area contributed by atoms with Crippen molar-refractivity contribution in [3.05, 3.63) is 76.6 Å². The second-order valence-electron chi connectivity index (χ2n) is 6.23. The Morgan fingerprint density at radius 1 is 1.04 bits per heavy atom. The van der Waals surface area contributed by atoms with Gasteiger partial charge in [-0.3, -0.25) is 9.59 Å². The van der Waals surface area contributed by atoms with Crippen molar-refractivity contribution in [2.24, 2.45) is 5.92 Å². The molecule has 0 N–H and O–H groups in total. The SMILES string of the molecule is O=C1CC(Cc2ccc3c(=O)ccoc3c2)CN1c1ccccc1. The Morgan fingerprint density at radius 3 is 2.71 bits per heavy atom. The number of carbonyl (C=O) groups is 1. The molecule has 1 aromatic heterocycles. The first-order chi connectivity index (χ1) is 11.7. The maximum Gasteiger partial charge on any atom is 0.227 e. The molecule has 0 radical (unpaired) electrons. The lowest BCUT2D eigenvalue weighted by molar-refractivity contribution is -0.117. The lowest BCUT2D eigenvalue weighted by Gasteiger charge is -2.16. The number of para-hydroxylation sites is 1. The molecule has 1 fully saturated rings. The highest BCUT2D eigenvalue weighted by molar-refractivity contribution is 5.95. The first kappa shape index (κ1) is 14.7. The summed E-state index contributed by atoms with van der Waals surface area (Å²) in [4.78, 5) is 25.9. The van der Waals surface area contributed by atoms with Crippen LogP contribution >= 0.6 is 0 Å². The maximum atomic E-state index is 12.3. The molecule has 1 aliphatic rings. The van der Waals surface area contributed by atoms with E-state index in [9.17, 15) is 9.59 Å². The van der Waals surface area contributed by atoms with Crippen LogP contribution in [0, 0.1) is 5.92 Å². The average molecular weight is 319 g/mol. The number of hydrogen-bond donors (Lipinski definition) is 0. The fourth-order valence-corrected chi connectivity index (χ4v) is 3.36. The van der Waals surface area contributed by atoms with E-state index in [4.69, 9.17) is 4.42 Å². The van der Waals surface area contributed by atoms with Gasteiger partial charge in [-0.25, -0.2) is 0 Å². The van der Waals surface area contributed by atoms with E-state index >= 15 is 0 Å². The maximum absolute atomic E-state index is 12.3. The molecule has 120 valence electrons. The summed E-state index contributed by atoms with van der Waals surface area (Å²) in [6.07, 6.45) is 2.76. The molecular formula is C20H17NO3. The lowest BCUT2D eigenvalue weighted by atomic mass is 9.98. The summed E-state index contributed by atoms with van der Waals surface area (Å²) >= 11 is 0. The first-order valence-electron chi connectivity index (χ1n) is 8.06. The zero-order valence-electron chi connectivity index (χ0n) is 13.1. The largest absolute Gasteiger partial charge is 0.464 e. The molecule has 1 atom stereocenters. The molecule has 3 aromatic rings. The van der Waals surface area contributed by atoms with Gasteiger partial charge in [0.05, 0.1) is 11.6 Å². The summed E-state index contributed by atoms with van der Waals surface area (Å²) in [6, 6.07) is 16.9. The molecule has 0 saturated carbocycles. The second-order valence-corrected chi connectivity index (χ2v) is 6.23. The van der Waals surface area contributed by atoms with Crippen molar-refractivity contribution in [3.63, 3.8) is 0 Å². The summed E-state index contributed by atoms with van der Waals surface area (Å²) in [5.41, 5.74) is 2.61. The van der Waals surface area contributed by atoms with Crippen LogP contribution < -0.4 is 10.3 Å². The van der Waals surface area contributed by atoms with Crippen molar-refractivity contribution in [2.75, 3.05) is 11.4 Å². The number of amides is 1. The number of anilines is 1. The van der Waals surface area contributed by atoms with Crippen LogP contribution in [-0.2, 0) is 11.2 Å². The summed E-state index contributed by atoms with van der Waals surface area (Å²) in [5, 5.41) is 0.592. The van der Waals surface area contributed by atoms with Crippen molar-refractivity contribution < 1.29 is 9.21 Å². The van der Waals surface area contributed by atoms with E-state index in [1.54, 1.807) is 0 Å². The van der Waals surface area contributed by atoms with E-state index in [2.05, 4.69) is 0 Å². The van der Waals surface area contributed by atoms with Crippen molar-refractivity contribution in [1.82, 2.24) is 0 Å². The topological polar surface area (TPSA) is 50.5 Å². The van der Waals surface area contributed by atoms with Gasteiger partial charge in [0, 0.05) is 24.7 Å². The molecule has 4 rings (SSSR count). The Morgan fingerprint density at radius 2 is 1.88 bits per heavy atom. The monoisotopic (exact) mass is 319 g/mol. The molecule has 1 saturated heterocycles. The van der Waals surface area contributed by atoms with Gasteiger partial charge < -0.3 is 9.32 Å². The Kier molecular flexibility index (Phi) is 3.65. The zero-order valence-corrected chi connectivity index (χ0v) is 13.1. The highest BCUT2D eigenvalue weighted by Gasteiger charge is 2.30. The van der Waals surface area contributed by atoms with E-state index in [-0.39, 0.29) is 17.3 Å². The van der Waals surface area contributed by atoms with Crippen LogP contribution in [0.1, 0.15) is 12.0 Å². The van der Waals surface area contributed by atoms with E-state index in [0.29, 0.717) is 17.4 Å². The van der Waals surface area contributed by atoms with E-state index in [0.717, 1.165) is 24.2 Å². The third-order valence-corrected chi connectivity index (χ3v) is 4.52. The summed E-state index contributed by atoms with van der Waals surface area (Å²) in [6.45, 7) is 0.722. The highest BCUT2D eigenvalue weighted by atomic mass is 16.3. The van der Waals surface area contributed by atoms with Crippen LogP contribution in [0.4, 0.5) is 5.69 Å². The molecule has 4 nitrogen and oxygen atoms in total. The predicted molar refractivity (Wildman–Crippen MR) is 93.1 cm³/mol. The van der Waals surface area contributed by atoms with E-state index < -0.39 is 0 Å². The van der Waals surface area contributed by atoms with Gasteiger partial charge in [0.25, 0.3) is 0 Å². The standard InChI is InChI=1S/C20H17NO3/c22-18-8-9-24-19-11-14(6-7-17(18)19)10-15-12-20(23)21(13-15)16-4-2-1-3-5-16/h1-9,11,15H,10,12-13H2. The minimum absolute atomic E-state index is 0.0332. The molecule has 0 aliphatic carbocycles. The zero-order chi connectivity index (χ0) is 16.5. The van der Waals surface area contributed by atoms with Gasteiger partial charge in [-0.2, -0.15) is 0 Å². The van der Waals surface area contributed by atoms with Gasteiger partial charge in [0.1, 0.15) is 5.58 Å². The third-order valence-electron chi connectivity index (χ3n) is 4.52. The minimum atomic E-state index is -0.0332. The summed E-state index contributed by atoms with van der Waals surface area (Å²) < 4.78 is 5.43. The molecule has 1 aliphatic heterocycles. The van der Waals surface area contributed by atoms with Gasteiger partial charge in [-0.1, -0.05) is 24.3 Å². The molecule has 0 bridgehead atoms. The number of benzene rings is 2. The molecule has 0 spiro atoms. The van der Waals surface area contributed by atoms with Crippen LogP contribution in [0.25, 0.3) is 11.0 Å². The van der Waals surface area contributed by atoms with E-state index in [1.165, 1.54) is 12.3 Å². The van der Waals surface area contributed by atoms with Gasteiger partial charge in [0.2, 0.25) is 5.91 Å². The molecular weight excluding hydrogens is 302 g/mol. The van der Waals surface area contributed by atoms with Crippen LogP contribution in [0.5, 0.6) is 0 Å².